The van der Waals surface area contributed by atoms with E-state index in [1.165, 1.54) is 18.1 Å². The van der Waals surface area contributed by atoms with Crippen molar-refractivity contribution in [2.24, 2.45) is 0 Å². The van der Waals surface area contributed by atoms with Gasteiger partial charge in [0.2, 0.25) is 0 Å². The second-order valence-corrected chi connectivity index (χ2v) is 5.86. The minimum Gasteiger partial charge on any atom is -0.394 e. The first kappa shape index (κ1) is 14.4. The molecule has 1 heterocycles. The molecule has 5 heteroatoms. The average Bonchev–Trinajstić information content (AvgIpc) is 2.54. The molecule has 3 aromatic rings. The van der Waals surface area contributed by atoms with Crippen molar-refractivity contribution < 1.29 is 0 Å². The van der Waals surface area contributed by atoms with Gasteiger partial charge in [-0.15, -0.1) is 0 Å². The van der Waals surface area contributed by atoms with Crippen LogP contribution in [0, 0.1) is 6.92 Å². The topological polar surface area (TPSA) is 63.8 Å². The summed E-state index contributed by atoms with van der Waals surface area (Å²) in [5, 5.41) is 4.02. The van der Waals surface area contributed by atoms with Gasteiger partial charge in [-0.1, -0.05) is 48.2 Å². The summed E-state index contributed by atoms with van der Waals surface area (Å²) in [5.74, 6) is 0.628. The Bertz CT molecular complexity index is 775. The number of anilines is 3. The zero-order chi connectivity index (χ0) is 15.4. The minimum absolute atomic E-state index is 0.555. The number of nitrogens with two attached hydrogens (primary N) is 1. The fraction of sp³-hybridized carbons (Fsp3) is 0.0588. The van der Waals surface area contributed by atoms with E-state index in [4.69, 9.17) is 5.73 Å². The molecule has 0 bridgehead atoms. The molecule has 0 aliphatic heterocycles. The van der Waals surface area contributed by atoms with E-state index in [9.17, 15) is 0 Å². The van der Waals surface area contributed by atoms with Crippen LogP contribution in [0.4, 0.5) is 17.2 Å². The van der Waals surface area contributed by atoms with Crippen molar-refractivity contribution in [3.05, 3.63) is 66.5 Å². The molecule has 0 fully saturated rings. The number of nitrogens with one attached hydrogen (secondary N) is 1. The Balaban J connectivity index is 1.88. The number of hydrogen-bond donors (Lipinski definition) is 2. The van der Waals surface area contributed by atoms with Crippen molar-refractivity contribution in [2.45, 2.75) is 16.8 Å². The van der Waals surface area contributed by atoms with Crippen molar-refractivity contribution >= 4 is 29.0 Å². The van der Waals surface area contributed by atoms with Crippen molar-refractivity contribution in [3.8, 4) is 0 Å². The van der Waals surface area contributed by atoms with Gasteiger partial charge in [0, 0.05) is 10.6 Å². The first-order valence-electron chi connectivity index (χ1n) is 6.90. The monoisotopic (exact) mass is 308 g/mol. The molecular weight excluding hydrogens is 292 g/mol. The Morgan fingerprint density at radius 2 is 1.68 bits per heavy atom. The van der Waals surface area contributed by atoms with Crippen LogP contribution in [0.1, 0.15) is 5.56 Å². The second kappa shape index (κ2) is 6.49. The van der Waals surface area contributed by atoms with Crippen molar-refractivity contribution in [3.63, 3.8) is 0 Å². The van der Waals surface area contributed by atoms with Gasteiger partial charge in [0.15, 0.2) is 5.82 Å². The minimum atomic E-state index is 0.555. The lowest BCUT2D eigenvalue weighted by molar-refractivity contribution is 1.06. The fourth-order valence-corrected chi connectivity index (χ4v) is 2.82. The third-order valence-electron chi connectivity index (χ3n) is 3.20. The Morgan fingerprint density at radius 3 is 2.45 bits per heavy atom. The molecule has 4 nitrogen and oxygen atoms in total. The molecule has 0 atom stereocenters. The summed E-state index contributed by atoms with van der Waals surface area (Å²) in [4.78, 5) is 9.63. The first-order chi connectivity index (χ1) is 10.7. The molecule has 0 saturated carbocycles. The number of para-hydroxylation sites is 1. The molecular formula is C17H16N4S. The van der Waals surface area contributed by atoms with E-state index in [0.717, 1.165) is 21.2 Å². The largest absolute Gasteiger partial charge is 0.394 e. The van der Waals surface area contributed by atoms with E-state index in [0.29, 0.717) is 11.5 Å². The standard InChI is InChI=1S/C17H16N4S/c1-12-7-5-6-10-14(12)21-16-15(18)17(20-11-19-16)22-13-8-3-2-4-9-13/h2-11H,18H2,1H3,(H,19,20,21). The Morgan fingerprint density at radius 1 is 0.955 bits per heavy atom. The summed E-state index contributed by atoms with van der Waals surface area (Å²) in [6, 6.07) is 18.0. The lowest BCUT2D eigenvalue weighted by Gasteiger charge is -2.12. The van der Waals surface area contributed by atoms with Crippen LogP contribution >= 0.6 is 11.8 Å². The van der Waals surface area contributed by atoms with E-state index >= 15 is 0 Å². The van der Waals surface area contributed by atoms with Crippen LogP contribution in [0.3, 0.4) is 0 Å². The quantitative estimate of drug-likeness (QED) is 0.705. The Labute approximate surface area is 133 Å². The summed E-state index contributed by atoms with van der Waals surface area (Å²) in [6.45, 7) is 2.04. The molecule has 0 unspecified atom stereocenters. The maximum atomic E-state index is 6.22. The summed E-state index contributed by atoms with van der Waals surface area (Å²) < 4.78 is 0. The van der Waals surface area contributed by atoms with Crippen molar-refractivity contribution in [1.82, 2.24) is 9.97 Å². The second-order valence-electron chi connectivity index (χ2n) is 4.80. The normalized spacial score (nSPS) is 10.4. The van der Waals surface area contributed by atoms with E-state index in [2.05, 4.69) is 15.3 Å². The molecule has 0 radical (unpaired) electrons. The molecule has 0 saturated heterocycles. The van der Waals surface area contributed by atoms with Crippen LogP contribution in [-0.2, 0) is 0 Å². The van der Waals surface area contributed by atoms with Gasteiger partial charge in [0.1, 0.15) is 17.0 Å². The smallest absolute Gasteiger partial charge is 0.158 e. The molecule has 2 aromatic carbocycles. The lowest BCUT2D eigenvalue weighted by atomic mass is 10.2. The highest BCUT2D eigenvalue weighted by molar-refractivity contribution is 7.99. The van der Waals surface area contributed by atoms with E-state index in [-0.39, 0.29) is 0 Å². The predicted octanol–water partition coefficient (Wildman–Crippen LogP) is 4.26. The molecule has 22 heavy (non-hydrogen) atoms. The number of benzene rings is 2. The molecule has 0 spiro atoms. The SMILES string of the molecule is Cc1ccccc1Nc1ncnc(Sc2ccccc2)c1N. The van der Waals surface area contributed by atoms with E-state index < -0.39 is 0 Å². The zero-order valence-corrected chi connectivity index (χ0v) is 13.0. The van der Waals surface area contributed by atoms with Gasteiger partial charge in [-0.3, -0.25) is 0 Å². The predicted molar refractivity (Wildman–Crippen MR) is 91.5 cm³/mol. The van der Waals surface area contributed by atoms with Crippen LogP contribution < -0.4 is 11.1 Å². The highest BCUT2D eigenvalue weighted by atomic mass is 32.2. The van der Waals surface area contributed by atoms with Gasteiger partial charge in [-0.25, -0.2) is 9.97 Å². The maximum absolute atomic E-state index is 6.22. The summed E-state index contributed by atoms with van der Waals surface area (Å²) in [7, 11) is 0. The molecule has 1 aromatic heterocycles. The molecule has 0 amide bonds. The van der Waals surface area contributed by atoms with Crippen LogP contribution in [0.5, 0.6) is 0 Å². The summed E-state index contributed by atoms with van der Waals surface area (Å²) >= 11 is 1.53. The molecule has 3 N–H and O–H groups in total. The first-order valence-corrected chi connectivity index (χ1v) is 7.72. The van der Waals surface area contributed by atoms with Gasteiger partial charge < -0.3 is 11.1 Å². The lowest BCUT2D eigenvalue weighted by Crippen LogP contribution is -2.03. The molecule has 110 valence electrons. The average molecular weight is 308 g/mol. The van der Waals surface area contributed by atoms with Crippen LogP contribution in [-0.4, -0.2) is 9.97 Å². The number of aromatic nitrogens is 2. The van der Waals surface area contributed by atoms with Crippen molar-refractivity contribution in [1.29, 1.82) is 0 Å². The Kier molecular flexibility index (Phi) is 4.25. The highest BCUT2D eigenvalue weighted by Gasteiger charge is 2.10. The highest BCUT2D eigenvalue weighted by Crippen LogP contribution is 2.34. The van der Waals surface area contributed by atoms with Gasteiger partial charge in [-0.05, 0) is 30.7 Å². The van der Waals surface area contributed by atoms with Crippen molar-refractivity contribution in [2.75, 3.05) is 11.1 Å². The summed E-state index contributed by atoms with van der Waals surface area (Å²) in [5.41, 5.74) is 8.90. The van der Waals surface area contributed by atoms with Gasteiger partial charge >= 0.3 is 0 Å². The van der Waals surface area contributed by atoms with E-state index in [1.807, 2.05) is 61.5 Å². The Hall–Kier alpha value is -2.53. The van der Waals surface area contributed by atoms with Crippen LogP contribution in [0.2, 0.25) is 0 Å². The van der Waals surface area contributed by atoms with Gasteiger partial charge in [0.05, 0.1) is 0 Å². The fourth-order valence-electron chi connectivity index (χ4n) is 2.00. The van der Waals surface area contributed by atoms with Gasteiger partial charge in [-0.2, -0.15) is 0 Å². The van der Waals surface area contributed by atoms with Gasteiger partial charge in [0.25, 0.3) is 0 Å². The number of nitrogens with zero attached hydrogens (tertiary/aromatic N) is 2. The number of aryl methyl sites for hydroxylation is 1. The van der Waals surface area contributed by atoms with E-state index in [1.54, 1.807) is 0 Å². The van der Waals surface area contributed by atoms with Crippen LogP contribution in [0.15, 0.2) is 70.8 Å². The number of nitrogen functional groups attached to an aromatic ring is 1. The van der Waals surface area contributed by atoms with Crippen LogP contribution in [0.25, 0.3) is 0 Å². The number of hydrogen-bond acceptors (Lipinski definition) is 5. The molecule has 3 rings (SSSR count). The third kappa shape index (κ3) is 3.20. The zero-order valence-electron chi connectivity index (χ0n) is 12.2. The number of rotatable bonds is 4. The third-order valence-corrected chi connectivity index (χ3v) is 4.23. The summed E-state index contributed by atoms with van der Waals surface area (Å²) in [6.07, 6.45) is 1.53. The molecule has 0 aliphatic rings. The maximum Gasteiger partial charge on any atom is 0.158 e. The molecule has 0 aliphatic carbocycles.